The molecule has 0 fully saturated rings. The van der Waals surface area contributed by atoms with Gasteiger partial charge in [0.05, 0.1) is 12.6 Å². The number of rotatable bonds is 7. The smallest absolute Gasteiger partial charge is 0.192 e. The van der Waals surface area contributed by atoms with Crippen molar-refractivity contribution in [3.05, 3.63) is 69.4 Å². The van der Waals surface area contributed by atoms with Gasteiger partial charge in [0.25, 0.3) is 0 Å². The highest BCUT2D eigenvalue weighted by atomic mass is 127. The summed E-state index contributed by atoms with van der Waals surface area (Å²) >= 11 is 1.84. The minimum atomic E-state index is 0. The topological polar surface area (TPSA) is 67.1 Å². The van der Waals surface area contributed by atoms with Crippen molar-refractivity contribution < 1.29 is 0 Å². The molecule has 0 aliphatic rings. The maximum absolute atomic E-state index is 4.75. The van der Waals surface area contributed by atoms with Gasteiger partial charge in [0.1, 0.15) is 12.4 Å². The normalized spacial score (nSPS) is 12.3. The van der Waals surface area contributed by atoms with Crippen LogP contribution in [0.3, 0.4) is 0 Å². The van der Waals surface area contributed by atoms with Crippen LogP contribution in [0.5, 0.6) is 0 Å². The summed E-state index contributed by atoms with van der Waals surface area (Å²) in [7, 11) is 1.96. The highest BCUT2D eigenvalue weighted by Crippen LogP contribution is 2.17. The van der Waals surface area contributed by atoms with Crippen LogP contribution in [0.25, 0.3) is 0 Å². The number of aliphatic imine (C=N–C) groups is 1. The van der Waals surface area contributed by atoms with Crippen molar-refractivity contribution in [2.24, 2.45) is 12.0 Å². The lowest BCUT2D eigenvalue weighted by atomic mass is 10.1. The Morgan fingerprint density at radius 1 is 1.14 bits per heavy atom. The van der Waals surface area contributed by atoms with E-state index in [4.69, 9.17) is 4.99 Å². The predicted molar refractivity (Wildman–Crippen MR) is 131 cm³/mol. The van der Waals surface area contributed by atoms with Crippen LogP contribution in [0, 0.1) is 6.92 Å². The number of nitrogens with zero attached hydrogens (tertiary/aromatic N) is 4. The molecule has 0 bridgehead atoms. The summed E-state index contributed by atoms with van der Waals surface area (Å²) in [4.78, 5) is 7.45. The first kappa shape index (κ1) is 23.3. The third kappa shape index (κ3) is 6.53. The van der Waals surface area contributed by atoms with Crippen LogP contribution in [-0.4, -0.2) is 20.7 Å². The van der Waals surface area contributed by atoms with Crippen LogP contribution in [-0.2, 0) is 26.6 Å². The second-order valence-corrected chi connectivity index (χ2v) is 7.99. The van der Waals surface area contributed by atoms with Crippen molar-refractivity contribution in [3.63, 3.8) is 0 Å². The standard InChI is InChI=1S/C21H28N6S.HI/c1-5-18-11-12-19(28-18)13-22-21(23-14-20-26-25-16(3)27(20)4)24-15(2)17-9-7-6-8-10-17;/h6-12,15H,5,13-14H2,1-4H3,(H2,22,23,24);1H. The van der Waals surface area contributed by atoms with Gasteiger partial charge in [-0.15, -0.1) is 45.5 Å². The average molecular weight is 524 g/mol. The second-order valence-electron chi connectivity index (χ2n) is 6.74. The van der Waals surface area contributed by atoms with Crippen molar-refractivity contribution in [1.82, 2.24) is 25.4 Å². The molecule has 3 aromatic rings. The zero-order chi connectivity index (χ0) is 19.9. The number of thiophene rings is 1. The molecule has 0 saturated carbocycles. The molecule has 0 spiro atoms. The van der Waals surface area contributed by atoms with E-state index < -0.39 is 0 Å². The molecule has 0 aliphatic heterocycles. The Morgan fingerprint density at radius 2 is 1.86 bits per heavy atom. The van der Waals surface area contributed by atoms with Crippen LogP contribution in [0.1, 0.15) is 46.9 Å². The fraction of sp³-hybridized carbons (Fsp3) is 0.381. The lowest BCUT2D eigenvalue weighted by Crippen LogP contribution is -2.38. The second kappa shape index (κ2) is 11.3. The summed E-state index contributed by atoms with van der Waals surface area (Å²) in [5, 5.41) is 15.3. The Kier molecular flexibility index (Phi) is 9.09. The highest BCUT2D eigenvalue weighted by Gasteiger charge is 2.10. The number of aryl methyl sites for hydroxylation is 2. The zero-order valence-corrected chi connectivity index (χ0v) is 20.5. The molecule has 0 saturated heterocycles. The largest absolute Gasteiger partial charge is 0.351 e. The number of hydrogen-bond acceptors (Lipinski definition) is 4. The molecular formula is C21H29IN6S. The summed E-state index contributed by atoms with van der Waals surface area (Å²) in [6.07, 6.45) is 1.07. The summed E-state index contributed by atoms with van der Waals surface area (Å²) in [5.74, 6) is 2.50. The molecule has 2 heterocycles. The van der Waals surface area contributed by atoms with Gasteiger partial charge in [-0.1, -0.05) is 37.3 Å². The summed E-state index contributed by atoms with van der Waals surface area (Å²) in [6.45, 7) is 7.48. The number of aromatic nitrogens is 3. The zero-order valence-electron chi connectivity index (χ0n) is 17.3. The summed E-state index contributed by atoms with van der Waals surface area (Å²) in [6, 6.07) is 14.9. The minimum absolute atomic E-state index is 0. The van der Waals surface area contributed by atoms with Gasteiger partial charge in [0, 0.05) is 16.8 Å². The van der Waals surface area contributed by atoms with Crippen molar-refractivity contribution >= 4 is 41.3 Å². The van der Waals surface area contributed by atoms with E-state index in [1.165, 1.54) is 15.3 Å². The highest BCUT2D eigenvalue weighted by molar-refractivity contribution is 14.0. The molecule has 2 N–H and O–H groups in total. The monoisotopic (exact) mass is 524 g/mol. The number of guanidine groups is 1. The third-order valence-corrected chi connectivity index (χ3v) is 5.94. The van der Waals surface area contributed by atoms with Gasteiger partial charge >= 0.3 is 0 Å². The maximum atomic E-state index is 4.75. The molecule has 8 heteroatoms. The molecule has 0 amide bonds. The minimum Gasteiger partial charge on any atom is -0.351 e. The molecule has 0 radical (unpaired) electrons. The van der Waals surface area contributed by atoms with Gasteiger partial charge in [0.15, 0.2) is 11.8 Å². The SMILES string of the molecule is CCc1ccc(CNC(=NCc2nnc(C)n2C)NC(C)c2ccccc2)s1.I. The Labute approximate surface area is 193 Å². The van der Waals surface area contributed by atoms with E-state index in [0.29, 0.717) is 6.54 Å². The van der Waals surface area contributed by atoms with E-state index in [1.807, 2.05) is 35.9 Å². The van der Waals surface area contributed by atoms with Crippen LogP contribution < -0.4 is 10.6 Å². The summed E-state index contributed by atoms with van der Waals surface area (Å²) in [5.41, 5.74) is 1.22. The number of benzene rings is 1. The van der Waals surface area contributed by atoms with E-state index in [9.17, 15) is 0 Å². The lowest BCUT2D eigenvalue weighted by molar-refractivity contribution is 0.677. The van der Waals surface area contributed by atoms with Crippen molar-refractivity contribution in [2.45, 2.75) is 46.3 Å². The number of hydrogen-bond donors (Lipinski definition) is 2. The number of halogens is 1. The quantitative estimate of drug-likeness (QED) is 0.274. The molecule has 29 heavy (non-hydrogen) atoms. The van der Waals surface area contributed by atoms with Gasteiger partial charge in [-0.2, -0.15) is 0 Å². The van der Waals surface area contributed by atoms with E-state index in [2.05, 4.69) is 71.1 Å². The molecule has 0 aliphatic carbocycles. The third-order valence-electron chi connectivity index (χ3n) is 4.71. The first-order valence-corrected chi connectivity index (χ1v) is 10.4. The van der Waals surface area contributed by atoms with Gasteiger partial charge < -0.3 is 15.2 Å². The van der Waals surface area contributed by atoms with Crippen LogP contribution in [0.15, 0.2) is 47.5 Å². The Bertz CT molecular complexity index is 918. The van der Waals surface area contributed by atoms with Crippen molar-refractivity contribution in [3.8, 4) is 0 Å². The average Bonchev–Trinajstić information content (AvgIpc) is 3.31. The maximum Gasteiger partial charge on any atom is 0.192 e. The summed E-state index contributed by atoms with van der Waals surface area (Å²) < 4.78 is 1.97. The fourth-order valence-corrected chi connectivity index (χ4v) is 3.70. The van der Waals surface area contributed by atoms with E-state index >= 15 is 0 Å². The van der Waals surface area contributed by atoms with E-state index in [0.717, 1.165) is 30.6 Å². The fourth-order valence-electron chi connectivity index (χ4n) is 2.80. The molecule has 1 unspecified atom stereocenters. The molecule has 1 atom stereocenters. The van der Waals surface area contributed by atoms with Gasteiger partial charge in [-0.05, 0) is 38.0 Å². The molecule has 3 rings (SSSR count). The lowest BCUT2D eigenvalue weighted by Gasteiger charge is -2.18. The molecule has 1 aromatic carbocycles. The molecule has 6 nitrogen and oxygen atoms in total. The van der Waals surface area contributed by atoms with Crippen LogP contribution in [0.2, 0.25) is 0 Å². The Morgan fingerprint density at radius 3 is 2.48 bits per heavy atom. The van der Waals surface area contributed by atoms with Gasteiger partial charge in [0.2, 0.25) is 0 Å². The van der Waals surface area contributed by atoms with E-state index in [-0.39, 0.29) is 30.0 Å². The molecule has 156 valence electrons. The van der Waals surface area contributed by atoms with Crippen molar-refractivity contribution in [1.29, 1.82) is 0 Å². The van der Waals surface area contributed by atoms with Gasteiger partial charge in [-0.3, -0.25) is 0 Å². The van der Waals surface area contributed by atoms with Crippen LogP contribution >= 0.6 is 35.3 Å². The molecule has 2 aromatic heterocycles. The molecular weight excluding hydrogens is 495 g/mol. The first-order valence-electron chi connectivity index (χ1n) is 9.59. The van der Waals surface area contributed by atoms with E-state index in [1.54, 1.807) is 0 Å². The Balaban J connectivity index is 0.00000300. The van der Waals surface area contributed by atoms with Gasteiger partial charge in [-0.25, -0.2) is 4.99 Å². The first-order chi connectivity index (χ1) is 13.6. The van der Waals surface area contributed by atoms with Crippen LogP contribution in [0.4, 0.5) is 0 Å². The Hall–Kier alpha value is -1.94. The number of nitrogens with one attached hydrogen (secondary N) is 2. The predicted octanol–water partition coefficient (Wildman–Crippen LogP) is 4.36. The van der Waals surface area contributed by atoms with Crippen molar-refractivity contribution in [2.75, 3.05) is 0 Å².